The minimum Gasteiger partial charge on any atom is -0.479 e. The van der Waals surface area contributed by atoms with Crippen LogP contribution < -0.4 is 37.1 Å². The number of carboxylic acid groups (broad SMARTS) is 2. The fourth-order valence-corrected chi connectivity index (χ4v) is 9.05. The van der Waals surface area contributed by atoms with Crippen molar-refractivity contribution in [3.05, 3.63) is 82.4 Å². The zero-order valence-electron chi connectivity index (χ0n) is 54.9. The molecule has 0 saturated carbocycles. The second-order valence-electron chi connectivity index (χ2n) is 22.9. The number of aliphatic hydroxyl groups is 6. The molecule has 4 aromatic rings. The molecule has 6 rings (SSSR count). The molecule has 556 valence electrons. The Balaban J connectivity index is 0.893. The standard InChI is InChI=1S/C59H86N12O29/c1-59(2,3)100-58(86)66-95-25-24-92-23-22-89-15-10-69(8-13-87-18-20-90-16-11-70-30-36(64-67-70)28-62-50(78)38-26-34(32-93-56(60)84)4-6-40(38)96-54-46(76)42(72)44(74)48(98-54)52(80)81)9-14-88-19-21-91-17-12-71-31-37(65-68-71)29-63-51(79)39-27-35(33-94-57(61)85)5-7-41(39)97-55-47(77)43(73)45(75)49(99-55)53(82)83/h4-7,26-27,30-31,42-49,54-55,72-77H,8-25,28-29,32-33H2,1-3H3,(H2,60,84)(H2,61,85)(H,62,78)(H,63,79)(H,66,86)(H,80,81)(H,82,83)/t42-,43-,44-,45-,46+,47+,48-,49-,54+,55+/m0/s1. The zero-order valence-corrected chi connectivity index (χ0v) is 54.9. The third-order valence-corrected chi connectivity index (χ3v) is 14.1. The monoisotopic (exact) mass is 1430 g/mol. The van der Waals surface area contributed by atoms with Gasteiger partial charge in [0.2, 0.25) is 12.6 Å². The molecule has 2 aromatic heterocycles. The summed E-state index contributed by atoms with van der Waals surface area (Å²) >= 11 is 0. The van der Waals surface area contributed by atoms with E-state index in [-0.39, 0.29) is 121 Å². The molecule has 0 radical (unpaired) electrons. The number of carbonyl (C=O) groups is 7. The smallest absolute Gasteiger partial charge is 0.431 e. The predicted molar refractivity (Wildman–Crippen MR) is 331 cm³/mol. The summed E-state index contributed by atoms with van der Waals surface area (Å²) in [6.45, 7) is 9.71. The first-order chi connectivity index (χ1) is 47.8. The first kappa shape index (κ1) is 80.3. The average molecular weight is 1430 g/mol. The van der Waals surface area contributed by atoms with E-state index < -0.39 is 109 Å². The van der Waals surface area contributed by atoms with E-state index in [9.17, 15) is 74.4 Å². The summed E-state index contributed by atoms with van der Waals surface area (Å²) in [6.07, 6.45) is -19.1. The number of aliphatic carboxylic acids is 2. The first-order valence-corrected chi connectivity index (χ1v) is 31.2. The van der Waals surface area contributed by atoms with Crippen molar-refractivity contribution in [1.29, 1.82) is 0 Å². The average Bonchev–Trinajstić information content (AvgIpc) is 1.05. The highest BCUT2D eigenvalue weighted by atomic mass is 16.7. The molecular weight excluding hydrogens is 1340 g/mol. The molecule has 4 heterocycles. The topological polar surface area (TPSA) is 563 Å². The summed E-state index contributed by atoms with van der Waals surface area (Å²) in [7, 11) is 0. The van der Waals surface area contributed by atoms with E-state index in [0.29, 0.717) is 68.6 Å². The summed E-state index contributed by atoms with van der Waals surface area (Å²) in [5.41, 5.74) is 12.6. The van der Waals surface area contributed by atoms with Crippen molar-refractivity contribution in [1.82, 2.24) is 51.0 Å². The van der Waals surface area contributed by atoms with E-state index in [2.05, 4.69) is 41.6 Å². The molecule has 2 aliphatic rings. The molecule has 0 spiro atoms. The van der Waals surface area contributed by atoms with Crippen LogP contribution in [0.3, 0.4) is 0 Å². The Labute approximate surface area is 570 Å². The third-order valence-electron chi connectivity index (χ3n) is 14.1. The number of aromatic nitrogens is 6. The summed E-state index contributed by atoms with van der Waals surface area (Å²) in [5.74, 6) is -5.25. The van der Waals surface area contributed by atoms with Gasteiger partial charge in [0.25, 0.3) is 11.8 Å². The van der Waals surface area contributed by atoms with Gasteiger partial charge in [-0.25, -0.2) is 33.3 Å². The molecule has 41 heteroatoms. The Morgan fingerprint density at radius 3 is 1.29 bits per heavy atom. The number of benzene rings is 2. The molecule has 2 fully saturated rings. The molecule has 5 amide bonds. The van der Waals surface area contributed by atoms with Crippen LogP contribution in [0.15, 0.2) is 48.8 Å². The van der Waals surface area contributed by atoms with E-state index in [0.717, 1.165) is 0 Å². The summed E-state index contributed by atoms with van der Waals surface area (Å²) in [6, 6.07) is 7.88. The van der Waals surface area contributed by atoms with Crippen LogP contribution in [0, 0.1) is 0 Å². The van der Waals surface area contributed by atoms with Gasteiger partial charge in [0, 0.05) is 19.6 Å². The van der Waals surface area contributed by atoms with Crippen LogP contribution in [-0.2, 0) is 106 Å². The van der Waals surface area contributed by atoms with Gasteiger partial charge in [0.15, 0.2) is 12.2 Å². The fraction of sp³-hybridized carbons (Fsp3) is 0.610. The lowest BCUT2D eigenvalue weighted by molar-refractivity contribution is -0.271. The largest absolute Gasteiger partial charge is 0.479 e. The number of carboxylic acids is 2. The van der Waals surface area contributed by atoms with Crippen molar-refractivity contribution in [2.24, 2.45) is 11.5 Å². The molecule has 41 nitrogen and oxygen atoms in total. The van der Waals surface area contributed by atoms with Crippen molar-refractivity contribution in [2.45, 2.75) is 127 Å². The molecule has 2 aromatic carbocycles. The second kappa shape index (κ2) is 41.2. The third kappa shape index (κ3) is 27.5. The van der Waals surface area contributed by atoms with E-state index in [1.165, 1.54) is 45.8 Å². The van der Waals surface area contributed by atoms with E-state index in [1.54, 1.807) is 33.2 Å². The SMILES string of the molecule is CC(C)(C)OC(=O)NOCCOCCOCCN(CCOCCOCCn1cc(CNC(=O)c2cc(COC(N)=O)ccc2O[C@@H]2O[C@H](C(=O)O)[C@@H](O)[C@H](O)[C@H]2O)nn1)CCOCCOCCn1cc(CNC(=O)c2cc(COC(N)=O)ccc2O[C@@H]2O[C@H](C(=O)O)[C@@H](O)[C@H](O)[C@H]2O)nn1. The van der Waals surface area contributed by atoms with Gasteiger partial charge >= 0.3 is 30.2 Å². The lowest BCUT2D eigenvalue weighted by atomic mass is 9.99. The normalized spacial score (nSPS) is 20.7. The molecule has 2 saturated heterocycles. The molecular formula is C59H86N12O29. The number of hydrogen-bond acceptors (Lipinski definition) is 32. The van der Waals surface area contributed by atoms with Crippen LogP contribution in [0.1, 0.15) is 64.0 Å². The molecule has 100 heavy (non-hydrogen) atoms. The van der Waals surface area contributed by atoms with E-state index >= 15 is 0 Å². The summed E-state index contributed by atoms with van der Waals surface area (Å²) < 4.78 is 74.1. The number of amides is 5. The number of hydroxylamine groups is 1. The lowest BCUT2D eigenvalue weighted by Crippen LogP contribution is -2.61. The van der Waals surface area contributed by atoms with Crippen LogP contribution in [-0.4, -0.2) is 290 Å². The highest BCUT2D eigenvalue weighted by molar-refractivity contribution is 5.97. The summed E-state index contributed by atoms with van der Waals surface area (Å²) in [5, 5.41) is 102. The Hall–Kier alpha value is -8.63. The number of ether oxygens (including phenoxy) is 13. The van der Waals surface area contributed by atoms with Crippen LogP contribution in [0.25, 0.3) is 0 Å². The van der Waals surface area contributed by atoms with Crippen molar-refractivity contribution in [2.75, 3.05) is 106 Å². The Morgan fingerprint density at radius 1 is 0.530 bits per heavy atom. The van der Waals surface area contributed by atoms with Gasteiger partial charge in [0.05, 0.1) is 136 Å². The fourth-order valence-electron chi connectivity index (χ4n) is 9.05. The van der Waals surface area contributed by atoms with Crippen molar-refractivity contribution < 1.29 is 141 Å². The van der Waals surface area contributed by atoms with Crippen LogP contribution in [0.5, 0.6) is 11.5 Å². The van der Waals surface area contributed by atoms with Gasteiger partial charge in [-0.1, -0.05) is 22.6 Å². The number of hydrogen-bond donors (Lipinski definition) is 13. The van der Waals surface area contributed by atoms with Gasteiger partial charge in [-0.2, -0.15) is 5.48 Å². The maximum Gasteiger partial charge on any atom is 0.431 e. The molecule has 0 aliphatic carbocycles. The number of nitrogens with two attached hydrogens (primary N) is 2. The van der Waals surface area contributed by atoms with E-state index in [4.69, 9.17) is 77.9 Å². The Bertz CT molecular complexity index is 3050. The number of nitrogens with zero attached hydrogens (tertiary/aromatic N) is 7. The van der Waals surface area contributed by atoms with Crippen molar-refractivity contribution in [3.8, 4) is 11.5 Å². The summed E-state index contributed by atoms with van der Waals surface area (Å²) in [4.78, 5) is 91.9. The second-order valence-corrected chi connectivity index (χ2v) is 22.9. The maximum atomic E-state index is 13.5. The molecule has 2 aliphatic heterocycles. The number of aliphatic hydroxyl groups excluding tert-OH is 6. The number of carbonyl (C=O) groups excluding carboxylic acids is 5. The Morgan fingerprint density at radius 2 is 0.910 bits per heavy atom. The molecule has 10 atom stereocenters. The maximum absolute atomic E-state index is 13.5. The molecule has 0 unspecified atom stereocenters. The quantitative estimate of drug-likeness (QED) is 0.0114. The van der Waals surface area contributed by atoms with Crippen molar-refractivity contribution in [3.63, 3.8) is 0 Å². The van der Waals surface area contributed by atoms with Crippen LogP contribution >= 0.6 is 0 Å². The van der Waals surface area contributed by atoms with Crippen molar-refractivity contribution >= 4 is 42.0 Å². The van der Waals surface area contributed by atoms with Crippen LogP contribution in [0.4, 0.5) is 14.4 Å². The molecule has 0 bridgehead atoms. The van der Waals surface area contributed by atoms with E-state index in [1.807, 2.05) is 0 Å². The number of rotatable bonds is 44. The highest BCUT2D eigenvalue weighted by Gasteiger charge is 2.50. The predicted octanol–water partition coefficient (Wildman–Crippen LogP) is -3.98. The number of primary amides is 2. The number of nitrogens with one attached hydrogen (secondary N) is 3. The lowest BCUT2D eigenvalue weighted by Gasteiger charge is -2.38. The van der Waals surface area contributed by atoms with Gasteiger partial charge < -0.3 is 125 Å². The van der Waals surface area contributed by atoms with Gasteiger partial charge in [-0.3, -0.25) is 19.3 Å². The first-order valence-electron chi connectivity index (χ1n) is 31.2. The minimum absolute atomic E-state index is 0.0894. The van der Waals surface area contributed by atoms with Gasteiger partial charge in [-0.05, 0) is 56.2 Å². The molecule has 15 N–H and O–H groups in total. The highest BCUT2D eigenvalue weighted by Crippen LogP contribution is 2.30. The Kier molecular flexibility index (Phi) is 33.1. The van der Waals surface area contributed by atoms with Crippen LogP contribution in [0.2, 0.25) is 0 Å². The minimum atomic E-state index is -1.98. The van der Waals surface area contributed by atoms with Gasteiger partial charge in [-0.15, -0.1) is 10.2 Å². The zero-order chi connectivity index (χ0) is 72.7. The van der Waals surface area contributed by atoms with Gasteiger partial charge in [0.1, 0.15) is 78.3 Å².